The molecule has 4 heteroatoms. The molecule has 0 amide bonds. The molecule has 0 saturated carbocycles. The van der Waals surface area contributed by atoms with Gasteiger partial charge in [0.15, 0.2) is 0 Å². The van der Waals surface area contributed by atoms with Gasteiger partial charge in [-0.1, -0.05) is 0 Å². The van der Waals surface area contributed by atoms with Crippen LogP contribution in [0.2, 0.25) is 0 Å². The molecule has 2 aromatic heterocycles. The summed E-state index contributed by atoms with van der Waals surface area (Å²) in [5.74, 6) is 1.02. The molecule has 2 heterocycles. The SMILES string of the molecule is CC(CCc1ccco1)Nc1cncc(N)c1. The quantitative estimate of drug-likeness (QED) is 0.830. The van der Waals surface area contributed by atoms with Crippen LogP contribution in [0.3, 0.4) is 0 Å². The highest BCUT2D eigenvalue weighted by Crippen LogP contribution is 2.13. The second-order valence-corrected chi connectivity index (χ2v) is 4.17. The first kappa shape index (κ1) is 11.5. The van der Waals surface area contributed by atoms with Crippen LogP contribution in [-0.4, -0.2) is 11.0 Å². The maximum atomic E-state index is 5.67. The number of aromatic nitrogens is 1. The van der Waals surface area contributed by atoms with Crippen LogP contribution in [0.1, 0.15) is 19.1 Å². The van der Waals surface area contributed by atoms with Crippen LogP contribution in [0, 0.1) is 0 Å². The van der Waals surface area contributed by atoms with Gasteiger partial charge in [0.05, 0.1) is 23.8 Å². The Kier molecular flexibility index (Phi) is 3.65. The Morgan fingerprint density at radius 2 is 2.35 bits per heavy atom. The smallest absolute Gasteiger partial charge is 0.103 e. The van der Waals surface area contributed by atoms with Crippen molar-refractivity contribution in [1.82, 2.24) is 4.98 Å². The number of pyridine rings is 1. The number of nitrogens with one attached hydrogen (secondary N) is 1. The van der Waals surface area contributed by atoms with Crippen molar-refractivity contribution in [2.24, 2.45) is 0 Å². The van der Waals surface area contributed by atoms with E-state index in [4.69, 9.17) is 10.2 Å². The summed E-state index contributed by atoms with van der Waals surface area (Å²) >= 11 is 0. The highest BCUT2D eigenvalue weighted by atomic mass is 16.3. The molecule has 90 valence electrons. The predicted molar refractivity (Wildman–Crippen MR) is 68.8 cm³/mol. The molecule has 0 aliphatic rings. The zero-order valence-electron chi connectivity index (χ0n) is 9.89. The summed E-state index contributed by atoms with van der Waals surface area (Å²) in [4.78, 5) is 4.04. The lowest BCUT2D eigenvalue weighted by Gasteiger charge is -2.14. The van der Waals surface area contributed by atoms with Gasteiger partial charge in [-0.15, -0.1) is 0 Å². The molecule has 0 saturated heterocycles. The molecule has 1 atom stereocenters. The molecule has 0 radical (unpaired) electrons. The number of rotatable bonds is 5. The van der Waals surface area contributed by atoms with Gasteiger partial charge < -0.3 is 15.5 Å². The van der Waals surface area contributed by atoms with Gasteiger partial charge in [-0.05, 0) is 31.5 Å². The van der Waals surface area contributed by atoms with Gasteiger partial charge in [-0.2, -0.15) is 0 Å². The van der Waals surface area contributed by atoms with Crippen molar-refractivity contribution in [3.63, 3.8) is 0 Å². The number of hydrogen-bond donors (Lipinski definition) is 2. The minimum absolute atomic E-state index is 0.351. The lowest BCUT2D eigenvalue weighted by Crippen LogP contribution is -2.16. The molecule has 17 heavy (non-hydrogen) atoms. The maximum Gasteiger partial charge on any atom is 0.103 e. The molecule has 4 nitrogen and oxygen atoms in total. The Bertz CT molecular complexity index is 453. The standard InChI is InChI=1S/C13H17N3O/c1-10(4-5-13-3-2-6-17-13)16-12-7-11(14)8-15-9-12/h2-3,6-10,16H,4-5,14H2,1H3. The summed E-state index contributed by atoms with van der Waals surface area (Å²) in [6.45, 7) is 2.13. The van der Waals surface area contributed by atoms with E-state index < -0.39 is 0 Å². The number of nitrogens with two attached hydrogens (primary N) is 1. The topological polar surface area (TPSA) is 64.1 Å². The number of nitrogen functional groups attached to an aromatic ring is 1. The third-order valence-corrected chi connectivity index (χ3v) is 2.58. The monoisotopic (exact) mass is 231 g/mol. The molecule has 0 aliphatic heterocycles. The van der Waals surface area contributed by atoms with Crippen LogP contribution in [0.5, 0.6) is 0 Å². The van der Waals surface area contributed by atoms with Gasteiger partial charge in [0.25, 0.3) is 0 Å². The van der Waals surface area contributed by atoms with Crippen molar-refractivity contribution in [2.45, 2.75) is 25.8 Å². The molecule has 3 N–H and O–H groups in total. The van der Waals surface area contributed by atoms with Gasteiger partial charge in [-0.25, -0.2) is 0 Å². The number of aryl methyl sites for hydroxylation is 1. The molecule has 0 aliphatic carbocycles. The van der Waals surface area contributed by atoms with Crippen LogP contribution in [0.4, 0.5) is 11.4 Å². The zero-order valence-corrected chi connectivity index (χ0v) is 9.89. The van der Waals surface area contributed by atoms with Crippen LogP contribution in [0.25, 0.3) is 0 Å². The number of hydrogen-bond acceptors (Lipinski definition) is 4. The van der Waals surface area contributed by atoms with Gasteiger partial charge in [0.2, 0.25) is 0 Å². The van der Waals surface area contributed by atoms with Gasteiger partial charge in [0, 0.05) is 18.7 Å². The minimum Gasteiger partial charge on any atom is -0.469 e. The van der Waals surface area contributed by atoms with E-state index in [1.807, 2.05) is 18.2 Å². The van der Waals surface area contributed by atoms with Crippen molar-refractivity contribution < 1.29 is 4.42 Å². The fourth-order valence-electron chi connectivity index (χ4n) is 1.71. The van der Waals surface area contributed by atoms with Crippen molar-refractivity contribution in [3.05, 3.63) is 42.6 Å². The normalized spacial score (nSPS) is 12.3. The van der Waals surface area contributed by atoms with Crippen molar-refractivity contribution in [3.8, 4) is 0 Å². The first-order valence-corrected chi connectivity index (χ1v) is 5.73. The predicted octanol–water partition coefficient (Wildman–Crippen LogP) is 2.69. The van der Waals surface area contributed by atoms with E-state index in [1.54, 1.807) is 18.7 Å². The average Bonchev–Trinajstić information content (AvgIpc) is 2.79. The first-order chi connectivity index (χ1) is 8.24. The lowest BCUT2D eigenvalue weighted by atomic mass is 10.1. The Hall–Kier alpha value is -1.97. The van der Waals surface area contributed by atoms with Crippen LogP contribution >= 0.6 is 0 Å². The van der Waals surface area contributed by atoms with E-state index in [0.29, 0.717) is 11.7 Å². The molecule has 0 aromatic carbocycles. The zero-order chi connectivity index (χ0) is 12.1. The van der Waals surface area contributed by atoms with Crippen molar-refractivity contribution >= 4 is 11.4 Å². The minimum atomic E-state index is 0.351. The third kappa shape index (κ3) is 3.52. The molecular weight excluding hydrogens is 214 g/mol. The Morgan fingerprint density at radius 3 is 3.06 bits per heavy atom. The molecular formula is C13H17N3O. The fraction of sp³-hybridized carbons (Fsp3) is 0.308. The molecule has 0 spiro atoms. The second kappa shape index (κ2) is 5.39. The summed E-state index contributed by atoms with van der Waals surface area (Å²) in [5, 5.41) is 3.36. The van der Waals surface area contributed by atoms with Gasteiger partial charge in [0.1, 0.15) is 5.76 Å². The Labute approximate surface area is 101 Å². The lowest BCUT2D eigenvalue weighted by molar-refractivity contribution is 0.495. The summed E-state index contributed by atoms with van der Waals surface area (Å²) < 4.78 is 5.29. The van der Waals surface area contributed by atoms with E-state index in [-0.39, 0.29) is 0 Å². The molecule has 2 aromatic rings. The van der Waals surface area contributed by atoms with E-state index in [0.717, 1.165) is 24.3 Å². The molecule has 0 fully saturated rings. The molecule has 0 bridgehead atoms. The summed E-state index contributed by atoms with van der Waals surface area (Å²) in [7, 11) is 0. The number of furan rings is 1. The van der Waals surface area contributed by atoms with Gasteiger partial charge >= 0.3 is 0 Å². The summed E-state index contributed by atoms with van der Waals surface area (Å²) in [5.41, 5.74) is 7.30. The molecule has 2 rings (SSSR count). The van der Waals surface area contributed by atoms with Crippen LogP contribution in [-0.2, 0) is 6.42 Å². The fourth-order valence-corrected chi connectivity index (χ4v) is 1.71. The molecule has 1 unspecified atom stereocenters. The number of anilines is 2. The highest BCUT2D eigenvalue weighted by molar-refractivity contribution is 5.51. The summed E-state index contributed by atoms with van der Waals surface area (Å²) in [6.07, 6.45) is 7.05. The Morgan fingerprint density at radius 1 is 1.47 bits per heavy atom. The van der Waals surface area contributed by atoms with E-state index in [1.165, 1.54) is 0 Å². The van der Waals surface area contributed by atoms with Crippen LogP contribution in [0.15, 0.2) is 41.3 Å². The van der Waals surface area contributed by atoms with Crippen LogP contribution < -0.4 is 11.1 Å². The second-order valence-electron chi connectivity index (χ2n) is 4.17. The largest absolute Gasteiger partial charge is 0.469 e. The maximum absolute atomic E-state index is 5.67. The highest BCUT2D eigenvalue weighted by Gasteiger charge is 2.04. The average molecular weight is 231 g/mol. The number of nitrogens with zero attached hydrogens (tertiary/aromatic N) is 1. The van der Waals surface area contributed by atoms with Gasteiger partial charge in [-0.3, -0.25) is 4.98 Å². The third-order valence-electron chi connectivity index (χ3n) is 2.58. The van der Waals surface area contributed by atoms with Crippen molar-refractivity contribution in [2.75, 3.05) is 11.1 Å². The van der Waals surface area contributed by atoms with Crippen molar-refractivity contribution in [1.29, 1.82) is 0 Å². The first-order valence-electron chi connectivity index (χ1n) is 5.73. The van der Waals surface area contributed by atoms with E-state index in [9.17, 15) is 0 Å². The van der Waals surface area contributed by atoms with E-state index >= 15 is 0 Å². The summed E-state index contributed by atoms with van der Waals surface area (Å²) in [6, 6.07) is 6.14. The Balaban J connectivity index is 1.83. The van der Waals surface area contributed by atoms with E-state index in [2.05, 4.69) is 17.2 Å².